The lowest BCUT2D eigenvalue weighted by Gasteiger charge is -2.01. The van der Waals surface area contributed by atoms with Gasteiger partial charge in [0.25, 0.3) is 0 Å². The van der Waals surface area contributed by atoms with Gasteiger partial charge < -0.3 is 12.4 Å². The standard InChI is InChI=1S/C12H19S.ClH/c1-3-4-8-11-13(2)12-9-6-5-7-10-12;/h5-7,9-10H,3-4,8,11H2,1-2H3;1H/q+1;/p-1. The molecule has 0 radical (unpaired) electrons. The molecule has 1 unspecified atom stereocenters. The van der Waals surface area contributed by atoms with E-state index in [1.54, 1.807) is 0 Å². The van der Waals surface area contributed by atoms with E-state index in [2.05, 4.69) is 43.5 Å². The van der Waals surface area contributed by atoms with E-state index >= 15 is 0 Å². The summed E-state index contributed by atoms with van der Waals surface area (Å²) in [5.74, 6) is 1.36. The van der Waals surface area contributed by atoms with Crippen molar-refractivity contribution in [2.24, 2.45) is 0 Å². The molecule has 0 spiro atoms. The monoisotopic (exact) mass is 230 g/mol. The third-order valence-corrected chi connectivity index (χ3v) is 4.18. The molecule has 0 aromatic heterocycles. The van der Waals surface area contributed by atoms with Gasteiger partial charge in [-0.1, -0.05) is 31.5 Å². The van der Waals surface area contributed by atoms with Crippen molar-refractivity contribution < 1.29 is 12.4 Å². The molecule has 80 valence electrons. The Morgan fingerprint density at radius 1 is 1.07 bits per heavy atom. The number of halogens is 1. The average molecular weight is 231 g/mol. The van der Waals surface area contributed by atoms with Crippen LogP contribution in [-0.4, -0.2) is 12.0 Å². The van der Waals surface area contributed by atoms with E-state index in [1.807, 2.05) is 0 Å². The van der Waals surface area contributed by atoms with Crippen molar-refractivity contribution in [3.05, 3.63) is 30.3 Å². The Kier molecular flexibility index (Phi) is 8.11. The van der Waals surface area contributed by atoms with Crippen LogP contribution in [0.1, 0.15) is 26.2 Å². The van der Waals surface area contributed by atoms with Crippen LogP contribution in [0.4, 0.5) is 0 Å². The molecule has 0 saturated carbocycles. The molecule has 0 aliphatic carbocycles. The Morgan fingerprint density at radius 2 is 1.71 bits per heavy atom. The lowest BCUT2D eigenvalue weighted by molar-refractivity contribution is -0.00000283. The number of hydrogen-bond donors (Lipinski definition) is 0. The summed E-state index contributed by atoms with van der Waals surface area (Å²) in [4.78, 5) is 1.51. The van der Waals surface area contributed by atoms with Gasteiger partial charge in [-0.3, -0.25) is 0 Å². The van der Waals surface area contributed by atoms with Gasteiger partial charge in [0.1, 0.15) is 12.0 Å². The fourth-order valence-electron chi connectivity index (χ4n) is 1.34. The zero-order chi connectivity index (χ0) is 9.52. The van der Waals surface area contributed by atoms with Gasteiger partial charge in [-0.25, -0.2) is 0 Å². The normalized spacial score (nSPS) is 11.9. The van der Waals surface area contributed by atoms with E-state index in [1.165, 1.54) is 29.9 Å². The highest BCUT2D eigenvalue weighted by atomic mass is 35.5. The quantitative estimate of drug-likeness (QED) is 0.510. The van der Waals surface area contributed by atoms with Gasteiger partial charge in [-0.2, -0.15) is 0 Å². The molecule has 1 aromatic rings. The molecule has 0 nitrogen and oxygen atoms in total. The summed E-state index contributed by atoms with van der Waals surface area (Å²) in [5.41, 5.74) is 0. The highest BCUT2D eigenvalue weighted by molar-refractivity contribution is 7.96. The molecule has 0 amide bonds. The lowest BCUT2D eigenvalue weighted by Crippen LogP contribution is -3.00. The minimum atomic E-state index is 0. The molecular formula is C12H19ClS. The van der Waals surface area contributed by atoms with E-state index in [-0.39, 0.29) is 12.4 Å². The highest BCUT2D eigenvalue weighted by Gasteiger charge is 2.12. The van der Waals surface area contributed by atoms with Gasteiger partial charge in [0.05, 0.1) is 0 Å². The van der Waals surface area contributed by atoms with Crippen LogP contribution in [0.5, 0.6) is 0 Å². The zero-order valence-corrected chi connectivity index (χ0v) is 10.6. The summed E-state index contributed by atoms with van der Waals surface area (Å²) in [6, 6.07) is 10.9. The number of rotatable bonds is 5. The molecular weight excluding hydrogens is 212 g/mol. The van der Waals surface area contributed by atoms with Crippen LogP contribution in [-0.2, 0) is 10.9 Å². The molecule has 0 aliphatic rings. The summed E-state index contributed by atoms with van der Waals surface area (Å²) >= 11 is 0. The topological polar surface area (TPSA) is 0 Å². The van der Waals surface area contributed by atoms with Gasteiger partial charge in [0, 0.05) is 10.9 Å². The van der Waals surface area contributed by atoms with E-state index in [0.717, 1.165) is 0 Å². The summed E-state index contributed by atoms with van der Waals surface area (Å²) in [5, 5.41) is 0. The van der Waals surface area contributed by atoms with Crippen LogP contribution in [0.15, 0.2) is 35.2 Å². The van der Waals surface area contributed by atoms with Gasteiger partial charge in [0.2, 0.25) is 0 Å². The zero-order valence-electron chi connectivity index (χ0n) is 9.00. The summed E-state index contributed by atoms with van der Waals surface area (Å²) in [6.45, 7) is 2.26. The maximum atomic E-state index is 2.35. The maximum Gasteiger partial charge on any atom is 0.154 e. The molecule has 2 heteroatoms. The minimum Gasteiger partial charge on any atom is -1.00 e. The van der Waals surface area contributed by atoms with Gasteiger partial charge >= 0.3 is 0 Å². The largest absolute Gasteiger partial charge is 1.00 e. The first-order valence-electron chi connectivity index (χ1n) is 5.02. The van der Waals surface area contributed by atoms with Crippen molar-refractivity contribution in [3.8, 4) is 0 Å². The van der Waals surface area contributed by atoms with Crippen molar-refractivity contribution >= 4 is 10.9 Å². The number of hydrogen-bond acceptors (Lipinski definition) is 0. The van der Waals surface area contributed by atoms with E-state index in [9.17, 15) is 0 Å². The summed E-state index contributed by atoms with van der Waals surface area (Å²) in [6.07, 6.45) is 6.44. The summed E-state index contributed by atoms with van der Waals surface area (Å²) in [7, 11) is 0.465. The third kappa shape index (κ3) is 4.92. The SMILES string of the molecule is CCCCC[S+](C)c1ccccc1.[Cl-]. The van der Waals surface area contributed by atoms with Crippen molar-refractivity contribution in [3.63, 3.8) is 0 Å². The second-order valence-corrected chi connectivity index (χ2v) is 5.52. The lowest BCUT2D eigenvalue weighted by atomic mass is 10.3. The van der Waals surface area contributed by atoms with Crippen LogP contribution in [0.25, 0.3) is 0 Å². The fourth-order valence-corrected chi connectivity index (χ4v) is 2.83. The van der Waals surface area contributed by atoms with Crippen LogP contribution in [0, 0.1) is 0 Å². The molecule has 0 saturated heterocycles. The van der Waals surface area contributed by atoms with E-state index < -0.39 is 0 Å². The maximum absolute atomic E-state index is 2.35. The van der Waals surface area contributed by atoms with Crippen LogP contribution >= 0.6 is 0 Å². The average Bonchev–Trinajstić information content (AvgIpc) is 2.19. The fraction of sp³-hybridized carbons (Fsp3) is 0.500. The first-order valence-corrected chi connectivity index (χ1v) is 6.82. The minimum absolute atomic E-state index is 0. The van der Waals surface area contributed by atoms with Gasteiger partial charge in [-0.15, -0.1) is 0 Å². The van der Waals surface area contributed by atoms with E-state index in [0.29, 0.717) is 10.9 Å². The Balaban J connectivity index is 0.00000169. The molecule has 1 atom stereocenters. The Morgan fingerprint density at radius 3 is 2.29 bits per heavy atom. The Hall–Kier alpha value is -0.140. The van der Waals surface area contributed by atoms with Crippen LogP contribution in [0.2, 0.25) is 0 Å². The smallest absolute Gasteiger partial charge is 0.154 e. The van der Waals surface area contributed by atoms with Crippen molar-refractivity contribution in [2.75, 3.05) is 12.0 Å². The molecule has 0 aliphatic heterocycles. The molecule has 0 heterocycles. The number of unbranched alkanes of at least 4 members (excludes halogenated alkanes) is 2. The van der Waals surface area contributed by atoms with Gasteiger partial charge in [-0.05, 0) is 25.0 Å². The first-order chi connectivity index (χ1) is 6.34. The number of benzene rings is 1. The first kappa shape index (κ1) is 13.9. The second-order valence-electron chi connectivity index (χ2n) is 3.36. The van der Waals surface area contributed by atoms with Crippen molar-refractivity contribution in [2.45, 2.75) is 31.1 Å². The molecule has 1 aromatic carbocycles. The molecule has 0 fully saturated rings. The molecule has 14 heavy (non-hydrogen) atoms. The van der Waals surface area contributed by atoms with Crippen LogP contribution < -0.4 is 12.4 Å². The predicted molar refractivity (Wildman–Crippen MR) is 62.4 cm³/mol. The molecule has 0 bridgehead atoms. The van der Waals surface area contributed by atoms with E-state index in [4.69, 9.17) is 0 Å². The van der Waals surface area contributed by atoms with Crippen LogP contribution in [0.3, 0.4) is 0 Å². The Labute approximate surface area is 96.9 Å². The van der Waals surface area contributed by atoms with Gasteiger partial charge in [0.15, 0.2) is 4.90 Å². The molecule has 1 rings (SSSR count). The van der Waals surface area contributed by atoms with Crippen molar-refractivity contribution in [1.29, 1.82) is 0 Å². The van der Waals surface area contributed by atoms with Crippen molar-refractivity contribution in [1.82, 2.24) is 0 Å². The third-order valence-electron chi connectivity index (χ3n) is 2.20. The summed E-state index contributed by atoms with van der Waals surface area (Å²) < 4.78 is 0. The molecule has 0 N–H and O–H groups in total. The highest BCUT2D eigenvalue weighted by Crippen LogP contribution is 2.12. The predicted octanol–water partition coefficient (Wildman–Crippen LogP) is 0.488. The second kappa shape index (κ2) is 8.19. The Bertz CT molecular complexity index is 223.